The summed E-state index contributed by atoms with van der Waals surface area (Å²) in [6, 6.07) is 18.0. The molecule has 0 radical (unpaired) electrons. The third kappa shape index (κ3) is 3.96. The molecule has 2 heterocycles. The number of carbonyl (C=O) groups is 1. The molecule has 6 heteroatoms. The van der Waals surface area contributed by atoms with Gasteiger partial charge in [0.25, 0.3) is 5.22 Å². The van der Waals surface area contributed by atoms with Gasteiger partial charge in [0.2, 0.25) is 5.89 Å². The van der Waals surface area contributed by atoms with E-state index in [-0.39, 0.29) is 11.5 Å². The van der Waals surface area contributed by atoms with Crippen LogP contribution in [-0.4, -0.2) is 26.3 Å². The van der Waals surface area contributed by atoms with E-state index in [2.05, 4.69) is 28.6 Å². The molecule has 0 saturated carbocycles. The monoisotopic (exact) mass is 417 g/mol. The zero-order chi connectivity index (χ0) is 21.3. The van der Waals surface area contributed by atoms with Crippen molar-refractivity contribution in [2.75, 3.05) is 5.75 Å². The highest BCUT2D eigenvalue weighted by molar-refractivity contribution is 7.99. The number of aryl methyl sites for hydroxylation is 3. The van der Waals surface area contributed by atoms with Gasteiger partial charge in [0.15, 0.2) is 5.78 Å². The van der Waals surface area contributed by atoms with Crippen LogP contribution in [0.4, 0.5) is 0 Å². The summed E-state index contributed by atoms with van der Waals surface area (Å²) in [7, 11) is 0. The molecular weight excluding hydrogens is 394 g/mol. The zero-order valence-corrected chi connectivity index (χ0v) is 18.3. The number of ketones is 1. The molecular formula is C24H23N3O2S. The SMILES string of the molecule is Cc1ccc(-c2nnc(SCC(=O)c3cc(C)n(-c4ccccc4)c3C)o2)cc1C. The van der Waals surface area contributed by atoms with Gasteiger partial charge in [0.1, 0.15) is 0 Å². The van der Waals surface area contributed by atoms with E-state index in [0.29, 0.717) is 11.1 Å². The summed E-state index contributed by atoms with van der Waals surface area (Å²) in [5.41, 5.74) is 7.00. The lowest BCUT2D eigenvalue weighted by molar-refractivity contribution is 0.102. The lowest BCUT2D eigenvalue weighted by atomic mass is 10.1. The Balaban J connectivity index is 1.48. The molecule has 0 aliphatic rings. The van der Waals surface area contributed by atoms with Crippen LogP contribution in [0.5, 0.6) is 0 Å². The van der Waals surface area contributed by atoms with E-state index in [0.717, 1.165) is 28.2 Å². The number of benzene rings is 2. The predicted octanol–water partition coefficient (Wildman–Crippen LogP) is 5.74. The maximum absolute atomic E-state index is 12.9. The number of para-hydroxylation sites is 1. The first-order valence-corrected chi connectivity index (χ1v) is 10.7. The van der Waals surface area contributed by atoms with Crippen LogP contribution in [0.1, 0.15) is 32.9 Å². The van der Waals surface area contributed by atoms with Gasteiger partial charge in [-0.2, -0.15) is 0 Å². The number of rotatable bonds is 6. The Morgan fingerprint density at radius 3 is 2.47 bits per heavy atom. The first-order valence-electron chi connectivity index (χ1n) is 9.75. The molecule has 0 atom stereocenters. The highest BCUT2D eigenvalue weighted by Crippen LogP contribution is 2.27. The molecule has 0 N–H and O–H groups in total. The van der Waals surface area contributed by atoms with Gasteiger partial charge in [-0.3, -0.25) is 4.79 Å². The van der Waals surface area contributed by atoms with Gasteiger partial charge in [-0.15, -0.1) is 10.2 Å². The number of thioether (sulfide) groups is 1. The summed E-state index contributed by atoms with van der Waals surface area (Å²) in [5, 5.41) is 8.62. The normalized spacial score (nSPS) is 11.1. The van der Waals surface area contributed by atoms with E-state index in [1.54, 1.807) is 0 Å². The second kappa shape index (κ2) is 8.32. The van der Waals surface area contributed by atoms with Crippen LogP contribution in [0, 0.1) is 27.7 Å². The molecule has 152 valence electrons. The van der Waals surface area contributed by atoms with Crippen LogP contribution < -0.4 is 0 Å². The van der Waals surface area contributed by atoms with Crippen LogP contribution in [0.25, 0.3) is 17.1 Å². The van der Waals surface area contributed by atoms with Gasteiger partial charge in [-0.05, 0) is 69.2 Å². The minimum atomic E-state index is 0.0428. The number of nitrogens with zero attached hydrogens (tertiary/aromatic N) is 3. The number of hydrogen-bond acceptors (Lipinski definition) is 5. The molecule has 0 saturated heterocycles. The maximum Gasteiger partial charge on any atom is 0.277 e. The summed E-state index contributed by atoms with van der Waals surface area (Å²) in [6.07, 6.45) is 0. The van der Waals surface area contributed by atoms with E-state index >= 15 is 0 Å². The lowest BCUT2D eigenvalue weighted by Gasteiger charge is -2.09. The highest BCUT2D eigenvalue weighted by atomic mass is 32.2. The van der Waals surface area contributed by atoms with Crippen molar-refractivity contribution in [2.45, 2.75) is 32.9 Å². The third-order valence-electron chi connectivity index (χ3n) is 5.23. The fraction of sp³-hybridized carbons (Fsp3) is 0.208. The molecule has 0 bridgehead atoms. The van der Waals surface area contributed by atoms with E-state index in [4.69, 9.17) is 4.42 Å². The highest BCUT2D eigenvalue weighted by Gasteiger charge is 2.18. The minimum Gasteiger partial charge on any atom is -0.411 e. The molecule has 0 aliphatic carbocycles. The van der Waals surface area contributed by atoms with Crippen molar-refractivity contribution in [1.82, 2.24) is 14.8 Å². The van der Waals surface area contributed by atoms with Gasteiger partial charge in [-0.1, -0.05) is 36.0 Å². The molecule has 30 heavy (non-hydrogen) atoms. The van der Waals surface area contributed by atoms with Gasteiger partial charge < -0.3 is 8.98 Å². The molecule has 0 aliphatic heterocycles. The largest absolute Gasteiger partial charge is 0.411 e. The Labute approximate surface area is 180 Å². The average molecular weight is 418 g/mol. The Morgan fingerprint density at radius 1 is 0.967 bits per heavy atom. The summed E-state index contributed by atoms with van der Waals surface area (Å²) in [5.74, 6) is 0.754. The summed E-state index contributed by atoms with van der Waals surface area (Å²) >= 11 is 1.27. The van der Waals surface area contributed by atoms with Gasteiger partial charge in [-0.25, -0.2) is 0 Å². The molecule has 0 spiro atoms. The standard InChI is InChI=1S/C24H23N3O2S/c1-15-10-11-19(12-16(15)2)23-25-26-24(29-23)30-14-22(28)21-13-17(3)27(18(21)4)20-8-6-5-7-9-20/h5-13H,14H2,1-4H3. The van der Waals surface area contributed by atoms with E-state index in [9.17, 15) is 4.79 Å². The fourth-order valence-corrected chi connectivity index (χ4v) is 4.13. The molecule has 2 aromatic heterocycles. The maximum atomic E-state index is 12.9. The fourth-order valence-electron chi connectivity index (χ4n) is 3.48. The Hall–Kier alpha value is -3.12. The van der Waals surface area contributed by atoms with Gasteiger partial charge >= 0.3 is 0 Å². The number of Topliss-reactive ketones (excluding diaryl/α,β-unsaturated/α-hetero) is 1. The zero-order valence-electron chi connectivity index (χ0n) is 17.5. The predicted molar refractivity (Wildman–Crippen MR) is 120 cm³/mol. The molecule has 0 fully saturated rings. The summed E-state index contributed by atoms with van der Waals surface area (Å²) < 4.78 is 7.86. The molecule has 0 unspecified atom stereocenters. The van der Waals surface area contributed by atoms with Crippen LogP contribution in [-0.2, 0) is 0 Å². The van der Waals surface area contributed by atoms with Crippen molar-refractivity contribution >= 4 is 17.5 Å². The number of hydrogen-bond donors (Lipinski definition) is 0. The molecule has 0 amide bonds. The van der Waals surface area contributed by atoms with Crippen molar-refractivity contribution in [1.29, 1.82) is 0 Å². The van der Waals surface area contributed by atoms with E-state index in [1.807, 2.05) is 68.4 Å². The molecule has 2 aromatic carbocycles. The average Bonchev–Trinajstić information content (AvgIpc) is 3.33. The van der Waals surface area contributed by atoms with E-state index in [1.165, 1.54) is 22.9 Å². The minimum absolute atomic E-state index is 0.0428. The molecule has 4 aromatic rings. The van der Waals surface area contributed by atoms with Gasteiger partial charge in [0, 0.05) is 28.2 Å². The Bertz CT molecular complexity index is 1210. The Kier molecular flexibility index (Phi) is 5.59. The quantitative estimate of drug-likeness (QED) is 0.296. The van der Waals surface area contributed by atoms with Crippen molar-refractivity contribution in [3.8, 4) is 17.1 Å². The van der Waals surface area contributed by atoms with Crippen LogP contribution in [0.3, 0.4) is 0 Å². The van der Waals surface area contributed by atoms with Crippen molar-refractivity contribution in [2.24, 2.45) is 0 Å². The molecule has 4 rings (SSSR count). The first kappa shape index (κ1) is 20.2. The second-order valence-corrected chi connectivity index (χ2v) is 8.27. The lowest BCUT2D eigenvalue weighted by Crippen LogP contribution is -2.05. The number of carbonyl (C=O) groups excluding carboxylic acids is 1. The molecule has 5 nitrogen and oxygen atoms in total. The summed E-state index contributed by atoms with van der Waals surface area (Å²) in [4.78, 5) is 12.9. The third-order valence-corrected chi connectivity index (χ3v) is 6.05. The van der Waals surface area contributed by atoms with Crippen molar-refractivity contribution in [3.05, 3.63) is 82.7 Å². The van der Waals surface area contributed by atoms with Crippen LogP contribution in [0.15, 0.2) is 64.2 Å². The topological polar surface area (TPSA) is 60.9 Å². The summed E-state index contributed by atoms with van der Waals surface area (Å²) in [6.45, 7) is 8.10. The second-order valence-electron chi connectivity index (χ2n) is 7.34. The van der Waals surface area contributed by atoms with Crippen LogP contribution in [0.2, 0.25) is 0 Å². The smallest absolute Gasteiger partial charge is 0.277 e. The van der Waals surface area contributed by atoms with Gasteiger partial charge in [0.05, 0.1) is 5.75 Å². The van der Waals surface area contributed by atoms with E-state index < -0.39 is 0 Å². The first-order chi connectivity index (χ1) is 14.4. The van der Waals surface area contributed by atoms with Crippen molar-refractivity contribution in [3.63, 3.8) is 0 Å². The van der Waals surface area contributed by atoms with Crippen LogP contribution >= 0.6 is 11.8 Å². The number of aromatic nitrogens is 3. The van der Waals surface area contributed by atoms with Crippen molar-refractivity contribution < 1.29 is 9.21 Å². The Morgan fingerprint density at radius 2 is 1.73 bits per heavy atom.